The highest BCUT2D eigenvalue weighted by Crippen LogP contribution is 2.44. The Labute approximate surface area is 508 Å². The first-order chi connectivity index (χ1) is 41.6. The van der Waals surface area contributed by atoms with Gasteiger partial charge in [0.2, 0.25) is 23.8 Å². The van der Waals surface area contributed by atoms with Gasteiger partial charge in [0.05, 0.1) is 26.4 Å². The van der Waals surface area contributed by atoms with Gasteiger partial charge in [-0.3, -0.25) is 10.6 Å². The van der Waals surface area contributed by atoms with Crippen LogP contribution in [0.1, 0.15) is 331 Å². The van der Waals surface area contributed by atoms with Gasteiger partial charge >= 0.3 is 0 Å². The van der Waals surface area contributed by atoms with Crippen molar-refractivity contribution in [3.05, 3.63) is 46.5 Å². The molecular formula is C68H116N12O4. The van der Waals surface area contributed by atoms with Crippen LogP contribution in [0.4, 0.5) is 23.8 Å². The molecule has 2 aromatic heterocycles. The zero-order valence-corrected chi connectivity index (χ0v) is 53.2. The molecule has 5 heterocycles. The van der Waals surface area contributed by atoms with E-state index in [-0.39, 0.29) is 24.7 Å². The number of hydrogen-bond donors (Lipinski definition) is 8. The molecular weight excluding hydrogens is 1050 g/mol. The van der Waals surface area contributed by atoms with Crippen molar-refractivity contribution >= 4 is 23.8 Å². The number of benzene rings is 2. The van der Waals surface area contributed by atoms with E-state index in [0.29, 0.717) is 50.2 Å². The maximum absolute atomic E-state index is 6.67. The summed E-state index contributed by atoms with van der Waals surface area (Å²) in [5.41, 5.74) is 4.08. The first-order valence-electron chi connectivity index (χ1n) is 34.9. The van der Waals surface area contributed by atoms with Crippen molar-refractivity contribution in [1.29, 1.82) is 0 Å². The van der Waals surface area contributed by atoms with Gasteiger partial charge in [0, 0.05) is 0 Å². The monoisotopic (exact) mass is 1160 g/mol. The van der Waals surface area contributed by atoms with Gasteiger partial charge in [-0.25, -0.2) is 10.2 Å². The SMILES string of the molecule is CCCCCCCCCCCCOc1cc2c(cc1OCCCCCCCCCCCC)C1Nc3nc(n[nH]3)NC3NC(Nc4nc(n[nH]4)NC2N1)c1cc(OCCCCCCCCCCCC)c(OCCCCCCCCCCCC)cc13. The van der Waals surface area contributed by atoms with E-state index in [1.807, 2.05) is 0 Å². The van der Waals surface area contributed by atoms with Gasteiger partial charge in [-0.15, -0.1) is 10.2 Å². The second kappa shape index (κ2) is 40.4. The van der Waals surface area contributed by atoms with E-state index in [1.165, 1.54) is 205 Å². The number of fused-ring (bicyclic) bond motifs is 14. The van der Waals surface area contributed by atoms with Crippen molar-refractivity contribution in [2.45, 2.75) is 309 Å². The highest BCUT2D eigenvalue weighted by Gasteiger charge is 2.36. The van der Waals surface area contributed by atoms with Crippen molar-refractivity contribution in [1.82, 2.24) is 41.0 Å². The summed E-state index contributed by atoms with van der Waals surface area (Å²) in [6.45, 7) is 11.7. The van der Waals surface area contributed by atoms with E-state index in [0.717, 1.165) is 96.6 Å². The van der Waals surface area contributed by atoms with E-state index in [4.69, 9.17) is 28.9 Å². The first kappa shape index (κ1) is 66.6. The number of H-pyrrole nitrogens is 2. The molecule has 7 rings (SSSR count). The third kappa shape index (κ3) is 23.7. The van der Waals surface area contributed by atoms with Gasteiger partial charge in [0.1, 0.15) is 24.7 Å². The molecule has 472 valence electrons. The number of rotatable bonds is 48. The van der Waals surface area contributed by atoms with Gasteiger partial charge in [-0.2, -0.15) is 9.97 Å². The minimum absolute atomic E-state index is 0.359. The lowest BCUT2D eigenvalue weighted by molar-refractivity contribution is 0.258. The van der Waals surface area contributed by atoms with Crippen LogP contribution in [0.25, 0.3) is 0 Å². The second-order valence-corrected chi connectivity index (χ2v) is 24.6. The van der Waals surface area contributed by atoms with Crippen LogP contribution < -0.4 is 50.8 Å². The van der Waals surface area contributed by atoms with Crippen molar-refractivity contribution in [3.63, 3.8) is 0 Å². The van der Waals surface area contributed by atoms with Crippen LogP contribution >= 0.6 is 0 Å². The summed E-state index contributed by atoms with van der Waals surface area (Å²) in [5.74, 6) is 5.00. The lowest BCUT2D eigenvalue weighted by atomic mass is 10.1. The average Bonchev–Trinajstić information content (AvgIpc) is 3.35. The summed E-state index contributed by atoms with van der Waals surface area (Å²) in [6, 6.07) is 8.58. The number of nitrogens with zero attached hydrogens (tertiary/aromatic N) is 4. The summed E-state index contributed by atoms with van der Waals surface area (Å²) in [7, 11) is 0. The standard InChI is InChI=1S/C68H116N12O4/c1-5-9-13-17-21-25-29-33-37-41-45-81-57-49-53-54(50-58(57)82-46-42-38-34-30-26-22-18-14-10-6-2)62-69-61(53)71-65-75-67(79-77-65)73-63-55-51-59(83-47-43-39-35-31-27-23-19-15-11-7-3)60(84-48-44-40-36-32-28-24-20-16-12-8-4)52-56(55)64(70-63)74-68-76-66(72-62)78-80-68/h49-52,61-64,69-70H,5-48H2,1-4H3,(H3,71,73,75,77,79)(H3,72,74,76,78,80). The number of nitrogens with one attached hydrogen (secondary N) is 8. The molecule has 0 spiro atoms. The van der Waals surface area contributed by atoms with E-state index < -0.39 is 0 Å². The minimum Gasteiger partial charge on any atom is -0.490 e. The zero-order chi connectivity index (χ0) is 58.5. The zero-order valence-electron chi connectivity index (χ0n) is 53.2. The Balaban J connectivity index is 1.04. The molecule has 2 aromatic carbocycles. The van der Waals surface area contributed by atoms with Crippen molar-refractivity contribution in [2.75, 3.05) is 47.7 Å². The quantitative estimate of drug-likeness (QED) is 0.0195. The molecule has 3 aliphatic heterocycles. The molecule has 84 heavy (non-hydrogen) atoms. The molecule has 0 fully saturated rings. The van der Waals surface area contributed by atoms with Crippen molar-refractivity contribution in [2.24, 2.45) is 0 Å². The van der Waals surface area contributed by atoms with Crippen LogP contribution in [0.15, 0.2) is 24.3 Å². The summed E-state index contributed by atoms with van der Waals surface area (Å²) >= 11 is 0. The van der Waals surface area contributed by atoms with Crippen LogP contribution in [0.2, 0.25) is 0 Å². The molecule has 16 nitrogen and oxygen atoms in total. The molecule has 0 radical (unpaired) electrons. The third-order valence-corrected chi connectivity index (χ3v) is 17.3. The Morgan fingerprint density at radius 2 is 0.500 bits per heavy atom. The topological polar surface area (TPSA) is 192 Å². The molecule has 3 aliphatic rings. The van der Waals surface area contributed by atoms with Crippen LogP contribution in [0.5, 0.6) is 23.0 Å². The molecule has 4 unspecified atom stereocenters. The number of unbranched alkanes of at least 4 members (excludes halogenated alkanes) is 36. The summed E-state index contributed by atoms with van der Waals surface area (Å²) < 4.78 is 26.7. The fraction of sp³-hybridized carbons (Fsp3) is 0.765. The van der Waals surface area contributed by atoms with Gasteiger partial charge in [0.15, 0.2) is 23.0 Å². The predicted octanol–water partition coefficient (Wildman–Crippen LogP) is 19.1. The Morgan fingerprint density at radius 1 is 0.286 bits per heavy atom. The molecule has 0 saturated heterocycles. The largest absolute Gasteiger partial charge is 0.490 e. The Hall–Kier alpha value is -4.96. The molecule has 4 aromatic rings. The number of aromatic amines is 2. The molecule has 0 aliphatic carbocycles. The van der Waals surface area contributed by atoms with E-state index >= 15 is 0 Å². The van der Waals surface area contributed by atoms with Crippen LogP contribution in [0, 0.1) is 0 Å². The second-order valence-electron chi connectivity index (χ2n) is 24.6. The lowest BCUT2D eigenvalue weighted by Crippen LogP contribution is -2.29. The van der Waals surface area contributed by atoms with Crippen molar-refractivity contribution in [3.8, 4) is 23.0 Å². The van der Waals surface area contributed by atoms with Crippen LogP contribution in [0.3, 0.4) is 0 Å². The van der Waals surface area contributed by atoms with E-state index in [9.17, 15) is 0 Å². The summed E-state index contributed by atoms with van der Waals surface area (Å²) in [6.07, 6.45) is 49.6. The normalized spacial score (nSPS) is 16.8. The van der Waals surface area contributed by atoms with Gasteiger partial charge in [0.25, 0.3) is 0 Å². The Kier molecular flexibility index (Phi) is 32.0. The molecule has 8 bridgehead atoms. The maximum atomic E-state index is 6.67. The van der Waals surface area contributed by atoms with Gasteiger partial charge in [-0.1, -0.05) is 259 Å². The molecule has 0 amide bonds. The summed E-state index contributed by atoms with van der Waals surface area (Å²) in [5, 5.41) is 37.7. The number of aromatic nitrogens is 6. The Morgan fingerprint density at radius 3 is 0.738 bits per heavy atom. The van der Waals surface area contributed by atoms with Crippen molar-refractivity contribution < 1.29 is 18.9 Å². The van der Waals surface area contributed by atoms with Crippen LogP contribution in [-0.2, 0) is 0 Å². The molecule has 0 saturated carbocycles. The maximum Gasteiger partial charge on any atom is 0.245 e. The fourth-order valence-corrected chi connectivity index (χ4v) is 12.2. The highest BCUT2D eigenvalue weighted by atomic mass is 16.5. The molecule has 8 N–H and O–H groups in total. The third-order valence-electron chi connectivity index (χ3n) is 17.3. The van der Waals surface area contributed by atoms with E-state index in [1.54, 1.807) is 0 Å². The summed E-state index contributed by atoms with van der Waals surface area (Å²) in [4.78, 5) is 9.93. The Bertz CT molecular complexity index is 2030. The predicted molar refractivity (Wildman–Crippen MR) is 347 cm³/mol. The highest BCUT2D eigenvalue weighted by molar-refractivity contribution is 5.57. The molecule has 16 heteroatoms. The minimum atomic E-state index is -0.367. The van der Waals surface area contributed by atoms with Gasteiger partial charge < -0.3 is 40.2 Å². The average molecular weight is 1170 g/mol. The lowest BCUT2D eigenvalue weighted by Gasteiger charge is -2.18. The van der Waals surface area contributed by atoms with E-state index in [2.05, 4.69) is 104 Å². The number of hydrogen-bond acceptors (Lipinski definition) is 14. The smallest absolute Gasteiger partial charge is 0.245 e. The van der Waals surface area contributed by atoms with Gasteiger partial charge in [-0.05, 0) is 72.2 Å². The van der Waals surface area contributed by atoms with Crippen LogP contribution in [-0.4, -0.2) is 56.8 Å². The first-order valence-corrected chi connectivity index (χ1v) is 34.9. The number of ether oxygens (including phenoxy) is 4. The molecule has 4 atom stereocenters. The number of anilines is 4. The fourth-order valence-electron chi connectivity index (χ4n) is 12.2.